The Morgan fingerprint density at radius 2 is 2.20 bits per heavy atom. The van der Waals surface area contributed by atoms with Crippen molar-refractivity contribution in [1.82, 2.24) is 9.55 Å². The molecular formula is C12H11ClF2N2O3. The first kappa shape index (κ1) is 14.5. The first-order chi connectivity index (χ1) is 9.47. The number of rotatable bonds is 4. The molecule has 0 atom stereocenters. The smallest absolute Gasteiger partial charge is 0.387 e. The Hall–Kier alpha value is -1.89. The number of hydrogen-bond acceptors (Lipinski definition) is 4. The monoisotopic (exact) mass is 304 g/mol. The predicted molar refractivity (Wildman–Crippen MR) is 68.2 cm³/mol. The van der Waals surface area contributed by atoms with Crippen molar-refractivity contribution >= 4 is 28.6 Å². The van der Waals surface area contributed by atoms with Gasteiger partial charge in [0.05, 0.1) is 24.1 Å². The number of halogens is 3. The van der Waals surface area contributed by atoms with E-state index < -0.39 is 12.6 Å². The second-order valence-electron chi connectivity index (χ2n) is 3.93. The van der Waals surface area contributed by atoms with E-state index in [4.69, 9.17) is 11.6 Å². The van der Waals surface area contributed by atoms with Gasteiger partial charge in [0.1, 0.15) is 11.3 Å². The summed E-state index contributed by atoms with van der Waals surface area (Å²) in [5, 5.41) is 0. The molecule has 0 amide bonds. The highest BCUT2D eigenvalue weighted by molar-refractivity contribution is 6.17. The van der Waals surface area contributed by atoms with Gasteiger partial charge in [-0.2, -0.15) is 8.78 Å². The molecule has 0 saturated heterocycles. The van der Waals surface area contributed by atoms with Gasteiger partial charge in [0, 0.05) is 7.05 Å². The SMILES string of the molecule is COC(=O)c1cc(OC(F)F)c2nc(CCl)n(C)c2c1. The summed E-state index contributed by atoms with van der Waals surface area (Å²) in [6.07, 6.45) is 0. The molecule has 8 heteroatoms. The van der Waals surface area contributed by atoms with Crippen molar-refractivity contribution in [2.24, 2.45) is 7.05 Å². The minimum absolute atomic E-state index is 0.0970. The number of benzene rings is 1. The van der Waals surface area contributed by atoms with Crippen LogP contribution < -0.4 is 4.74 Å². The fourth-order valence-electron chi connectivity index (χ4n) is 1.85. The van der Waals surface area contributed by atoms with Crippen LogP contribution in [-0.4, -0.2) is 29.2 Å². The molecule has 0 aliphatic rings. The topological polar surface area (TPSA) is 53.4 Å². The minimum Gasteiger partial charge on any atom is -0.465 e. The van der Waals surface area contributed by atoms with Gasteiger partial charge in [-0.25, -0.2) is 9.78 Å². The van der Waals surface area contributed by atoms with Crippen molar-refractivity contribution in [3.63, 3.8) is 0 Å². The van der Waals surface area contributed by atoms with Gasteiger partial charge in [0.25, 0.3) is 0 Å². The van der Waals surface area contributed by atoms with E-state index in [1.165, 1.54) is 19.2 Å². The van der Waals surface area contributed by atoms with Gasteiger partial charge in [0.2, 0.25) is 0 Å². The molecule has 0 spiro atoms. The fraction of sp³-hybridized carbons (Fsp3) is 0.333. The van der Waals surface area contributed by atoms with Gasteiger partial charge in [-0.05, 0) is 12.1 Å². The number of alkyl halides is 3. The van der Waals surface area contributed by atoms with Gasteiger partial charge in [-0.15, -0.1) is 11.6 Å². The van der Waals surface area contributed by atoms with Crippen LogP contribution in [0.5, 0.6) is 5.75 Å². The van der Waals surface area contributed by atoms with Crippen molar-refractivity contribution in [2.45, 2.75) is 12.5 Å². The summed E-state index contributed by atoms with van der Waals surface area (Å²) in [6.45, 7) is -3.02. The van der Waals surface area contributed by atoms with E-state index in [1.807, 2.05) is 0 Å². The van der Waals surface area contributed by atoms with Crippen LogP contribution >= 0.6 is 11.6 Å². The van der Waals surface area contributed by atoms with Gasteiger partial charge < -0.3 is 14.0 Å². The van der Waals surface area contributed by atoms with E-state index in [0.717, 1.165) is 0 Å². The van der Waals surface area contributed by atoms with Crippen LogP contribution in [0, 0.1) is 0 Å². The van der Waals surface area contributed by atoms with Crippen LogP contribution in [0.15, 0.2) is 12.1 Å². The second-order valence-corrected chi connectivity index (χ2v) is 4.20. The van der Waals surface area contributed by atoms with Crippen LogP contribution in [0.2, 0.25) is 0 Å². The number of carbonyl (C=O) groups excluding carboxylic acids is 1. The molecule has 1 heterocycles. The largest absolute Gasteiger partial charge is 0.465 e. The molecule has 1 aromatic heterocycles. The zero-order chi connectivity index (χ0) is 14.9. The first-order valence-corrected chi connectivity index (χ1v) is 6.09. The molecule has 2 aromatic rings. The Labute approximate surface area is 118 Å². The fourth-order valence-corrected chi connectivity index (χ4v) is 2.08. The lowest BCUT2D eigenvalue weighted by molar-refractivity contribution is -0.0489. The van der Waals surface area contributed by atoms with Crippen molar-refractivity contribution in [2.75, 3.05) is 7.11 Å². The number of imidazole rings is 1. The average Bonchev–Trinajstić information content (AvgIpc) is 2.74. The summed E-state index contributed by atoms with van der Waals surface area (Å²) in [6, 6.07) is 2.66. The molecule has 0 unspecified atom stereocenters. The Bertz CT molecular complexity index is 658. The maximum absolute atomic E-state index is 12.5. The molecule has 0 fully saturated rings. The molecule has 5 nitrogen and oxygen atoms in total. The predicted octanol–water partition coefficient (Wildman–Crippen LogP) is 2.70. The average molecular weight is 305 g/mol. The van der Waals surface area contributed by atoms with E-state index in [2.05, 4.69) is 14.5 Å². The van der Waals surface area contributed by atoms with Crippen LogP contribution in [0.4, 0.5) is 8.78 Å². The van der Waals surface area contributed by atoms with Crippen molar-refractivity contribution in [1.29, 1.82) is 0 Å². The Morgan fingerprint density at radius 3 is 2.75 bits per heavy atom. The summed E-state index contributed by atoms with van der Waals surface area (Å²) < 4.78 is 35.5. The van der Waals surface area contributed by atoms with Gasteiger partial charge >= 0.3 is 12.6 Å². The Balaban J connectivity index is 2.69. The normalized spacial score (nSPS) is 11.1. The second kappa shape index (κ2) is 5.62. The maximum atomic E-state index is 12.5. The van der Waals surface area contributed by atoms with E-state index in [9.17, 15) is 13.6 Å². The number of methoxy groups -OCH3 is 1. The quantitative estimate of drug-likeness (QED) is 0.644. The lowest BCUT2D eigenvalue weighted by Crippen LogP contribution is -2.06. The molecule has 20 heavy (non-hydrogen) atoms. The number of aryl methyl sites for hydroxylation is 1. The summed E-state index contributed by atoms with van der Waals surface area (Å²) in [5.41, 5.74) is 0.773. The Morgan fingerprint density at radius 1 is 1.50 bits per heavy atom. The summed E-state index contributed by atoms with van der Waals surface area (Å²) in [7, 11) is 2.87. The maximum Gasteiger partial charge on any atom is 0.387 e. The minimum atomic E-state index is -3.02. The third-order valence-corrected chi connectivity index (χ3v) is 3.04. The van der Waals surface area contributed by atoms with Crippen LogP contribution in [0.1, 0.15) is 16.2 Å². The van der Waals surface area contributed by atoms with Crippen LogP contribution in [-0.2, 0) is 17.7 Å². The first-order valence-electron chi connectivity index (χ1n) is 5.56. The Kier molecular flexibility index (Phi) is 4.08. The number of hydrogen-bond donors (Lipinski definition) is 0. The molecular weight excluding hydrogens is 294 g/mol. The third kappa shape index (κ3) is 2.53. The lowest BCUT2D eigenvalue weighted by Gasteiger charge is -2.08. The number of aromatic nitrogens is 2. The number of ether oxygens (including phenoxy) is 2. The lowest BCUT2D eigenvalue weighted by atomic mass is 10.2. The van der Waals surface area contributed by atoms with E-state index in [1.54, 1.807) is 11.6 Å². The number of esters is 1. The molecule has 0 bridgehead atoms. The molecule has 108 valence electrons. The standard InChI is InChI=1S/C12H11ClF2N2O3/c1-17-7-3-6(11(18)19-2)4-8(20-12(14)15)10(7)16-9(17)5-13/h3-4,12H,5H2,1-2H3. The number of carbonyl (C=O) groups is 1. The zero-order valence-corrected chi connectivity index (χ0v) is 11.4. The summed E-state index contributed by atoms with van der Waals surface area (Å²) in [4.78, 5) is 15.7. The third-order valence-electron chi connectivity index (χ3n) is 2.80. The van der Waals surface area contributed by atoms with Gasteiger partial charge in [-0.1, -0.05) is 0 Å². The molecule has 1 aromatic carbocycles. The molecule has 0 N–H and O–H groups in total. The van der Waals surface area contributed by atoms with Crippen molar-refractivity contribution in [3.8, 4) is 5.75 Å². The molecule has 0 aliphatic carbocycles. The zero-order valence-electron chi connectivity index (χ0n) is 10.7. The van der Waals surface area contributed by atoms with E-state index in [-0.39, 0.29) is 22.7 Å². The summed E-state index contributed by atoms with van der Waals surface area (Å²) >= 11 is 5.73. The molecule has 0 radical (unpaired) electrons. The summed E-state index contributed by atoms with van der Waals surface area (Å²) in [5.74, 6) is -0.264. The van der Waals surface area contributed by atoms with Crippen LogP contribution in [0.3, 0.4) is 0 Å². The van der Waals surface area contributed by atoms with E-state index in [0.29, 0.717) is 11.3 Å². The highest BCUT2D eigenvalue weighted by Crippen LogP contribution is 2.29. The molecule has 2 rings (SSSR count). The molecule has 0 saturated carbocycles. The number of fused-ring (bicyclic) bond motifs is 1. The van der Waals surface area contributed by atoms with Crippen molar-refractivity contribution in [3.05, 3.63) is 23.5 Å². The highest BCUT2D eigenvalue weighted by atomic mass is 35.5. The molecule has 0 aliphatic heterocycles. The number of nitrogens with zero attached hydrogens (tertiary/aromatic N) is 2. The van der Waals surface area contributed by atoms with E-state index >= 15 is 0 Å². The van der Waals surface area contributed by atoms with Crippen LogP contribution in [0.25, 0.3) is 11.0 Å². The van der Waals surface area contributed by atoms with Gasteiger partial charge in [-0.3, -0.25) is 0 Å². The van der Waals surface area contributed by atoms with Crippen molar-refractivity contribution < 1.29 is 23.0 Å². The van der Waals surface area contributed by atoms with Gasteiger partial charge in [0.15, 0.2) is 5.75 Å². The highest BCUT2D eigenvalue weighted by Gasteiger charge is 2.19.